The minimum absolute atomic E-state index is 0.103. The molecule has 1 aromatic carbocycles. The van der Waals surface area contributed by atoms with Crippen LogP contribution in [0.1, 0.15) is 19.4 Å². The van der Waals surface area contributed by atoms with Crippen LogP contribution in [0.5, 0.6) is 0 Å². The normalized spacial score (nSPS) is 14.5. The van der Waals surface area contributed by atoms with Crippen molar-refractivity contribution in [3.05, 3.63) is 39.7 Å². The van der Waals surface area contributed by atoms with Gasteiger partial charge in [0.15, 0.2) is 0 Å². The Morgan fingerprint density at radius 3 is 2.62 bits per heavy atom. The van der Waals surface area contributed by atoms with Gasteiger partial charge in [0, 0.05) is 11.6 Å². The molecule has 1 N–H and O–H groups in total. The van der Waals surface area contributed by atoms with Crippen LogP contribution in [0.15, 0.2) is 18.2 Å². The van der Waals surface area contributed by atoms with Gasteiger partial charge in [0.25, 0.3) is 5.69 Å². The van der Waals surface area contributed by atoms with Crippen molar-refractivity contribution in [1.29, 1.82) is 0 Å². The third kappa shape index (κ3) is 3.00. The molecule has 0 saturated heterocycles. The maximum Gasteiger partial charge on any atom is 0.272 e. The number of hydrogen-bond donors (Lipinski definition) is 1. The van der Waals surface area contributed by atoms with E-state index in [-0.39, 0.29) is 18.0 Å². The van der Waals surface area contributed by atoms with E-state index in [1.165, 1.54) is 0 Å². The van der Waals surface area contributed by atoms with Crippen LogP contribution in [-0.2, 0) is 6.42 Å². The van der Waals surface area contributed by atoms with Gasteiger partial charge < -0.3 is 5.11 Å². The fourth-order valence-electron chi connectivity index (χ4n) is 1.41. The largest absolute Gasteiger partial charge is 0.393 e. The highest BCUT2D eigenvalue weighted by Gasteiger charge is 2.18. The van der Waals surface area contributed by atoms with Crippen molar-refractivity contribution in [2.45, 2.75) is 26.4 Å². The zero-order valence-electron chi connectivity index (χ0n) is 9.18. The summed E-state index contributed by atoms with van der Waals surface area (Å²) < 4.78 is 13.0. The van der Waals surface area contributed by atoms with E-state index in [2.05, 4.69) is 0 Å². The molecule has 0 spiro atoms. The van der Waals surface area contributed by atoms with Crippen LogP contribution in [0.3, 0.4) is 0 Å². The van der Waals surface area contributed by atoms with Crippen molar-refractivity contribution in [1.82, 2.24) is 0 Å². The molecule has 0 fully saturated rings. The van der Waals surface area contributed by atoms with Crippen molar-refractivity contribution in [3.63, 3.8) is 0 Å². The SMILES string of the molecule is CC(O)C(C)Cc1cc(F)ccc1[N+](=O)[O-]. The lowest BCUT2D eigenvalue weighted by molar-refractivity contribution is -0.385. The van der Waals surface area contributed by atoms with E-state index < -0.39 is 16.8 Å². The zero-order chi connectivity index (χ0) is 12.3. The lowest BCUT2D eigenvalue weighted by atomic mass is 9.96. The molecular formula is C11H14FNO3. The van der Waals surface area contributed by atoms with Gasteiger partial charge in [0.1, 0.15) is 5.82 Å². The minimum atomic E-state index is -0.581. The summed E-state index contributed by atoms with van der Waals surface area (Å²) in [6.07, 6.45) is -0.297. The first-order chi connectivity index (χ1) is 7.41. The summed E-state index contributed by atoms with van der Waals surface area (Å²) in [6, 6.07) is 3.37. The Kier molecular flexibility index (Phi) is 3.95. The van der Waals surface area contributed by atoms with E-state index in [1.54, 1.807) is 13.8 Å². The molecule has 0 aliphatic heterocycles. The molecule has 0 aliphatic rings. The van der Waals surface area contributed by atoms with Crippen LogP contribution in [0.4, 0.5) is 10.1 Å². The molecule has 0 bridgehead atoms. The molecule has 1 aromatic rings. The summed E-state index contributed by atoms with van der Waals surface area (Å²) in [7, 11) is 0. The fourth-order valence-corrected chi connectivity index (χ4v) is 1.41. The number of aliphatic hydroxyl groups excluding tert-OH is 1. The van der Waals surface area contributed by atoms with E-state index in [0.717, 1.165) is 18.2 Å². The molecule has 0 radical (unpaired) electrons. The standard InChI is InChI=1S/C11H14FNO3/c1-7(8(2)14)5-9-6-10(12)3-4-11(9)13(15)16/h3-4,6-8,14H,5H2,1-2H3. The van der Waals surface area contributed by atoms with Crippen molar-refractivity contribution in [2.24, 2.45) is 5.92 Å². The van der Waals surface area contributed by atoms with Crippen LogP contribution in [0.2, 0.25) is 0 Å². The van der Waals surface area contributed by atoms with Crippen molar-refractivity contribution < 1.29 is 14.4 Å². The number of rotatable bonds is 4. The van der Waals surface area contributed by atoms with Gasteiger partial charge in [-0.15, -0.1) is 0 Å². The first kappa shape index (κ1) is 12.6. The Balaban J connectivity index is 3.01. The van der Waals surface area contributed by atoms with E-state index in [4.69, 9.17) is 0 Å². The molecule has 4 nitrogen and oxygen atoms in total. The number of halogens is 1. The second-order valence-electron chi connectivity index (χ2n) is 3.95. The lowest BCUT2D eigenvalue weighted by Crippen LogP contribution is -2.16. The highest BCUT2D eigenvalue weighted by Crippen LogP contribution is 2.23. The quantitative estimate of drug-likeness (QED) is 0.634. The number of aliphatic hydroxyl groups is 1. The van der Waals surface area contributed by atoms with E-state index in [9.17, 15) is 19.6 Å². The van der Waals surface area contributed by atoms with Crippen LogP contribution < -0.4 is 0 Å². The van der Waals surface area contributed by atoms with Gasteiger partial charge in [-0.1, -0.05) is 6.92 Å². The number of hydrogen-bond acceptors (Lipinski definition) is 3. The number of benzene rings is 1. The Morgan fingerprint density at radius 2 is 2.12 bits per heavy atom. The van der Waals surface area contributed by atoms with Gasteiger partial charge in [-0.2, -0.15) is 0 Å². The third-order valence-electron chi connectivity index (χ3n) is 2.60. The third-order valence-corrected chi connectivity index (χ3v) is 2.60. The number of nitro benzene ring substituents is 1. The molecule has 2 unspecified atom stereocenters. The molecule has 1 rings (SSSR count). The first-order valence-electron chi connectivity index (χ1n) is 5.02. The molecule has 0 saturated carbocycles. The molecule has 0 amide bonds. The predicted molar refractivity (Wildman–Crippen MR) is 57.6 cm³/mol. The van der Waals surface area contributed by atoms with Gasteiger partial charge in [-0.25, -0.2) is 4.39 Å². The highest BCUT2D eigenvalue weighted by atomic mass is 19.1. The van der Waals surface area contributed by atoms with Crippen LogP contribution >= 0.6 is 0 Å². The summed E-state index contributed by atoms with van der Waals surface area (Å²) in [5, 5.41) is 20.0. The van der Waals surface area contributed by atoms with Crippen LogP contribution in [-0.4, -0.2) is 16.1 Å². The predicted octanol–water partition coefficient (Wildman–Crippen LogP) is 2.29. The average molecular weight is 227 g/mol. The fraction of sp³-hybridized carbons (Fsp3) is 0.455. The molecular weight excluding hydrogens is 213 g/mol. The molecule has 0 heterocycles. The molecule has 88 valence electrons. The van der Waals surface area contributed by atoms with Gasteiger partial charge in [-0.05, 0) is 31.4 Å². The van der Waals surface area contributed by atoms with Crippen molar-refractivity contribution in [3.8, 4) is 0 Å². The molecule has 5 heteroatoms. The van der Waals surface area contributed by atoms with Gasteiger partial charge in [0.05, 0.1) is 11.0 Å². The van der Waals surface area contributed by atoms with Crippen molar-refractivity contribution in [2.75, 3.05) is 0 Å². The monoisotopic (exact) mass is 227 g/mol. The Bertz CT molecular complexity index is 393. The topological polar surface area (TPSA) is 63.4 Å². The molecule has 2 atom stereocenters. The second kappa shape index (κ2) is 5.03. The lowest BCUT2D eigenvalue weighted by Gasteiger charge is -2.14. The molecule has 0 aliphatic carbocycles. The van der Waals surface area contributed by atoms with Crippen LogP contribution in [0, 0.1) is 21.8 Å². The summed E-state index contributed by atoms with van der Waals surface area (Å²) >= 11 is 0. The maximum atomic E-state index is 13.0. The second-order valence-corrected chi connectivity index (χ2v) is 3.95. The van der Waals surface area contributed by atoms with Gasteiger partial charge >= 0.3 is 0 Å². The number of nitrogens with zero attached hydrogens (tertiary/aromatic N) is 1. The summed E-state index contributed by atoms with van der Waals surface area (Å²) in [6.45, 7) is 3.37. The average Bonchev–Trinajstić information content (AvgIpc) is 2.16. The smallest absolute Gasteiger partial charge is 0.272 e. The maximum absolute atomic E-state index is 13.0. The summed E-state index contributed by atoms with van der Waals surface area (Å²) in [4.78, 5) is 10.2. The molecule has 0 aromatic heterocycles. The molecule has 16 heavy (non-hydrogen) atoms. The van der Waals surface area contributed by atoms with Gasteiger partial charge in [0.2, 0.25) is 0 Å². The van der Waals surface area contributed by atoms with E-state index in [0.29, 0.717) is 5.56 Å². The summed E-state index contributed by atoms with van der Waals surface area (Å²) in [5.41, 5.74) is 0.215. The van der Waals surface area contributed by atoms with Gasteiger partial charge in [-0.3, -0.25) is 10.1 Å². The Hall–Kier alpha value is -1.49. The van der Waals surface area contributed by atoms with E-state index >= 15 is 0 Å². The Morgan fingerprint density at radius 1 is 1.50 bits per heavy atom. The van der Waals surface area contributed by atoms with Crippen molar-refractivity contribution >= 4 is 5.69 Å². The zero-order valence-corrected chi connectivity index (χ0v) is 9.18. The first-order valence-corrected chi connectivity index (χ1v) is 5.02. The van der Waals surface area contributed by atoms with Crippen LogP contribution in [0.25, 0.3) is 0 Å². The minimum Gasteiger partial charge on any atom is -0.393 e. The van der Waals surface area contributed by atoms with E-state index in [1.807, 2.05) is 0 Å². The highest BCUT2D eigenvalue weighted by molar-refractivity contribution is 5.40. The summed E-state index contributed by atoms with van der Waals surface area (Å²) in [5.74, 6) is -0.654. The number of nitro groups is 1. The Labute approximate surface area is 92.9 Å².